The lowest BCUT2D eigenvalue weighted by molar-refractivity contribution is -0.136. The Morgan fingerprint density at radius 2 is 1.50 bits per heavy atom. The van der Waals surface area contributed by atoms with E-state index in [1.165, 1.54) is 0 Å². The molecule has 0 saturated heterocycles. The fourth-order valence-corrected chi connectivity index (χ4v) is 2.97. The molecule has 26 heavy (non-hydrogen) atoms. The third kappa shape index (κ3) is 3.91. The summed E-state index contributed by atoms with van der Waals surface area (Å²) in [5, 5.41) is 12.0. The molecule has 0 radical (unpaired) electrons. The molecule has 1 heterocycles. The Balaban J connectivity index is 2.05. The summed E-state index contributed by atoms with van der Waals surface area (Å²) in [5.41, 5.74) is 6.10. The predicted molar refractivity (Wildman–Crippen MR) is 102 cm³/mol. The molecule has 0 saturated carbocycles. The van der Waals surface area contributed by atoms with Crippen LogP contribution in [-0.4, -0.2) is 17.0 Å². The fourth-order valence-electron chi connectivity index (χ4n) is 2.97. The van der Waals surface area contributed by atoms with Gasteiger partial charge in [0, 0.05) is 17.7 Å². The molecule has 1 amide bonds. The molecule has 2 aromatic carbocycles. The van der Waals surface area contributed by atoms with Gasteiger partial charge in [0.15, 0.2) is 0 Å². The van der Waals surface area contributed by atoms with Crippen LogP contribution in [0.4, 0.5) is 0 Å². The number of allylic oxidation sites excluding steroid dienone is 1. The van der Waals surface area contributed by atoms with Crippen LogP contribution in [0.15, 0.2) is 60.2 Å². The quantitative estimate of drug-likeness (QED) is 0.801. The van der Waals surface area contributed by atoms with E-state index in [1.807, 2.05) is 68.5 Å². The largest absolute Gasteiger partial charge is 0.481 e. The van der Waals surface area contributed by atoms with E-state index in [0.29, 0.717) is 12.0 Å². The van der Waals surface area contributed by atoms with Crippen molar-refractivity contribution in [2.24, 2.45) is 0 Å². The first-order valence-corrected chi connectivity index (χ1v) is 8.56. The number of nitrogens with one attached hydrogen (secondary N) is 1. The van der Waals surface area contributed by atoms with Gasteiger partial charge >= 0.3 is 5.97 Å². The number of carbonyl (C=O) groups is 2. The number of aliphatic carboxylic acids is 1. The number of carbonyl (C=O) groups excluding carboxylic acids is 1. The summed E-state index contributed by atoms with van der Waals surface area (Å²) in [7, 11) is 0. The summed E-state index contributed by atoms with van der Waals surface area (Å²) in [6, 6.07) is 15.7. The Kier molecular flexibility index (Phi) is 5.03. The average Bonchev–Trinajstić information content (AvgIpc) is 2.99. The van der Waals surface area contributed by atoms with Gasteiger partial charge in [0.1, 0.15) is 0 Å². The van der Waals surface area contributed by atoms with Crippen LogP contribution < -0.4 is 5.32 Å². The molecule has 0 unspecified atom stereocenters. The molecule has 0 fully saturated rings. The first kappa shape index (κ1) is 17.7. The number of amides is 1. The zero-order valence-electron chi connectivity index (χ0n) is 14.9. The SMILES string of the molecule is Cc1ccc(C2=CC(=C(CCC(=O)O)c3ccc(C)cc3)C(=O)N2)cc1. The van der Waals surface area contributed by atoms with Crippen molar-refractivity contribution in [2.45, 2.75) is 26.7 Å². The number of hydrogen-bond acceptors (Lipinski definition) is 2. The third-order valence-electron chi connectivity index (χ3n) is 4.46. The van der Waals surface area contributed by atoms with Crippen LogP contribution in [0.25, 0.3) is 11.3 Å². The van der Waals surface area contributed by atoms with Gasteiger partial charge in [-0.15, -0.1) is 0 Å². The number of hydrogen-bond donors (Lipinski definition) is 2. The molecule has 2 aromatic rings. The molecule has 1 aliphatic heterocycles. The molecule has 1 aliphatic rings. The molecule has 2 N–H and O–H groups in total. The summed E-state index contributed by atoms with van der Waals surface area (Å²) < 4.78 is 0. The summed E-state index contributed by atoms with van der Waals surface area (Å²) in [6.07, 6.45) is 2.11. The molecule has 0 aromatic heterocycles. The number of rotatable bonds is 5. The highest BCUT2D eigenvalue weighted by molar-refractivity contribution is 6.13. The first-order valence-electron chi connectivity index (χ1n) is 8.56. The molecule has 0 spiro atoms. The highest BCUT2D eigenvalue weighted by Crippen LogP contribution is 2.30. The standard InChI is InChI=1S/C22H21NO3/c1-14-3-7-16(8-4-14)18(11-12-21(24)25)19-13-20(23-22(19)26)17-9-5-15(2)6-10-17/h3-10,13H,11-12H2,1-2H3,(H,23,26)(H,24,25). The van der Waals surface area contributed by atoms with Crippen molar-refractivity contribution >= 4 is 23.1 Å². The minimum atomic E-state index is -0.878. The van der Waals surface area contributed by atoms with Crippen molar-refractivity contribution < 1.29 is 14.7 Å². The highest BCUT2D eigenvalue weighted by atomic mass is 16.4. The van der Waals surface area contributed by atoms with Gasteiger partial charge in [-0.1, -0.05) is 59.7 Å². The Bertz CT molecular complexity index is 903. The van der Waals surface area contributed by atoms with E-state index in [0.717, 1.165) is 33.5 Å². The topological polar surface area (TPSA) is 66.4 Å². The molecule has 4 heteroatoms. The molecule has 0 bridgehead atoms. The van der Waals surface area contributed by atoms with Crippen LogP contribution in [0.3, 0.4) is 0 Å². The van der Waals surface area contributed by atoms with Crippen molar-refractivity contribution in [3.63, 3.8) is 0 Å². The van der Waals surface area contributed by atoms with Crippen LogP contribution in [-0.2, 0) is 9.59 Å². The maximum Gasteiger partial charge on any atom is 0.303 e. The molecule has 0 aliphatic carbocycles. The van der Waals surface area contributed by atoms with E-state index in [2.05, 4.69) is 5.32 Å². The fraction of sp³-hybridized carbons (Fsp3) is 0.182. The average molecular weight is 347 g/mol. The van der Waals surface area contributed by atoms with Crippen LogP contribution in [0.5, 0.6) is 0 Å². The first-order chi connectivity index (χ1) is 12.4. The Labute approximate surface area is 152 Å². The van der Waals surface area contributed by atoms with Crippen LogP contribution in [0.1, 0.15) is 35.1 Å². The van der Waals surface area contributed by atoms with Gasteiger partial charge in [0.05, 0.1) is 0 Å². The maximum absolute atomic E-state index is 12.6. The molecule has 132 valence electrons. The lowest BCUT2D eigenvalue weighted by atomic mass is 9.94. The van der Waals surface area contributed by atoms with Crippen LogP contribution in [0.2, 0.25) is 0 Å². The Morgan fingerprint density at radius 3 is 2.08 bits per heavy atom. The van der Waals surface area contributed by atoms with E-state index in [1.54, 1.807) is 0 Å². The lowest BCUT2D eigenvalue weighted by Gasteiger charge is -2.09. The molecule has 3 rings (SSSR count). The normalized spacial score (nSPS) is 15.5. The Hall–Kier alpha value is -3.14. The van der Waals surface area contributed by atoms with Gasteiger partial charge < -0.3 is 10.4 Å². The number of aryl methyl sites for hydroxylation is 2. The third-order valence-corrected chi connectivity index (χ3v) is 4.46. The summed E-state index contributed by atoms with van der Waals surface area (Å²) in [6.45, 7) is 4.00. The van der Waals surface area contributed by atoms with E-state index < -0.39 is 5.97 Å². The number of carboxylic acid groups (broad SMARTS) is 1. The van der Waals surface area contributed by atoms with Crippen molar-refractivity contribution in [2.75, 3.05) is 0 Å². The molecular formula is C22H21NO3. The van der Waals surface area contributed by atoms with E-state index in [4.69, 9.17) is 5.11 Å². The second-order valence-corrected chi connectivity index (χ2v) is 6.53. The van der Waals surface area contributed by atoms with E-state index >= 15 is 0 Å². The number of carboxylic acids is 1. The van der Waals surface area contributed by atoms with Gasteiger partial charge in [-0.25, -0.2) is 0 Å². The second kappa shape index (κ2) is 7.40. The van der Waals surface area contributed by atoms with Crippen molar-refractivity contribution in [1.82, 2.24) is 5.32 Å². The zero-order chi connectivity index (χ0) is 18.7. The maximum atomic E-state index is 12.6. The van der Waals surface area contributed by atoms with Gasteiger partial charge in [-0.3, -0.25) is 9.59 Å². The van der Waals surface area contributed by atoms with Crippen molar-refractivity contribution in [1.29, 1.82) is 0 Å². The number of benzene rings is 2. The molecule has 0 atom stereocenters. The highest BCUT2D eigenvalue weighted by Gasteiger charge is 2.23. The van der Waals surface area contributed by atoms with E-state index in [-0.39, 0.29) is 12.3 Å². The van der Waals surface area contributed by atoms with Gasteiger partial charge in [0.25, 0.3) is 5.91 Å². The summed E-state index contributed by atoms with van der Waals surface area (Å²) in [5.74, 6) is -1.07. The molecule has 4 nitrogen and oxygen atoms in total. The lowest BCUT2D eigenvalue weighted by Crippen LogP contribution is -2.17. The van der Waals surface area contributed by atoms with Crippen LogP contribution >= 0.6 is 0 Å². The smallest absolute Gasteiger partial charge is 0.303 e. The van der Waals surface area contributed by atoms with E-state index in [9.17, 15) is 9.59 Å². The van der Waals surface area contributed by atoms with Gasteiger partial charge in [0.2, 0.25) is 0 Å². The van der Waals surface area contributed by atoms with Crippen molar-refractivity contribution in [3.05, 3.63) is 82.4 Å². The monoisotopic (exact) mass is 347 g/mol. The summed E-state index contributed by atoms with van der Waals surface area (Å²) in [4.78, 5) is 23.6. The van der Waals surface area contributed by atoms with Gasteiger partial charge in [-0.05, 0) is 43.0 Å². The predicted octanol–water partition coefficient (Wildman–Crippen LogP) is 4.09. The van der Waals surface area contributed by atoms with Gasteiger partial charge in [-0.2, -0.15) is 0 Å². The minimum Gasteiger partial charge on any atom is -0.481 e. The second-order valence-electron chi connectivity index (χ2n) is 6.53. The Morgan fingerprint density at radius 1 is 0.923 bits per heavy atom. The minimum absolute atomic E-state index is 0.0201. The zero-order valence-corrected chi connectivity index (χ0v) is 14.9. The van der Waals surface area contributed by atoms with Crippen molar-refractivity contribution in [3.8, 4) is 0 Å². The summed E-state index contributed by atoms with van der Waals surface area (Å²) >= 11 is 0. The molecular weight excluding hydrogens is 326 g/mol. The van der Waals surface area contributed by atoms with Crippen LogP contribution in [0, 0.1) is 13.8 Å².